The molecule has 2 rings (SSSR count). The van der Waals surface area contributed by atoms with E-state index in [0.29, 0.717) is 6.04 Å². The molecule has 21 heavy (non-hydrogen) atoms. The monoisotopic (exact) mass is 290 g/mol. The topological polar surface area (TPSA) is 41.1 Å². The van der Waals surface area contributed by atoms with E-state index >= 15 is 0 Å². The first-order chi connectivity index (χ1) is 10.2. The molecule has 0 bridgehead atoms. The summed E-state index contributed by atoms with van der Waals surface area (Å²) in [4.78, 5) is 11.4. The van der Waals surface area contributed by atoms with Gasteiger partial charge in [0.25, 0.3) is 0 Å². The van der Waals surface area contributed by atoms with Crippen molar-refractivity contribution in [3.05, 3.63) is 11.9 Å². The Bertz CT molecular complexity index is 438. The van der Waals surface area contributed by atoms with E-state index in [1.807, 2.05) is 0 Å². The molecule has 0 atom stereocenters. The zero-order chi connectivity index (χ0) is 15.2. The Morgan fingerprint density at radius 3 is 2.52 bits per heavy atom. The Hall–Kier alpha value is -1.32. The van der Waals surface area contributed by atoms with Gasteiger partial charge >= 0.3 is 0 Å². The fraction of sp³-hybridized carbons (Fsp3) is 0.765. The van der Waals surface area contributed by atoms with E-state index in [-0.39, 0.29) is 0 Å². The summed E-state index contributed by atoms with van der Waals surface area (Å²) in [7, 11) is 2.20. The number of hydrogen-bond acceptors (Lipinski definition) is 4. The SMILES string of the molecule is CCCNc1ncnc(N(C)C2CCC(C)CC2)c1CC. The van der Waals surface area contributed by atoms with Gasteiger partial charge in [0, 0.05) is 25.2 Å². The molecule has 1 N–H and O–H groups in total. The highest BCUT2D eigenvalue weighted by molar-refractivity contribution is 5.59. The van der Waals surface area contributed by atoms with Crippen molar-refractivity contribution in [1.82, 2.24) is 9.97 Å². The molecule has 4 nitrogen and oxygen atoms in total. The van der Waals surface area contributed by atoms with Gasteiger partial charge in [0.05, 0.1) is 0 Å². The van der Waals surface area contributed by atoms with Crippen LogP contribution in [0.1, 0.15) is 58.4 Å². The van der Waals surface area contributed by atoms with E-state index in [1.54, 1.807) is 6.33 Å². The molecule has 1 saturated carbocycles. The summed E-state index contributed by atoms with van der Waals surface area (Å²) in [5.74, 6) is 3.01. The van der Waals surface area contributed by atoms with Crippen molar-refractivity contribution in [3.63, 3.8) is 0 Å². The van der Waals surface area contributed by atoms with Gasteiger partial charge in [0.1, 0.15) is 18.0 Å². The van der Waals surface area contributed by atoms with Crippen molar-refractivity contribution >= 4 is 11.6 Å². The lowest BCUT2D eigenvalue weighted by molar-refractivity contribution is 0.339. The molecule has 0 unspecified atom stereocenters. The second-order valence-corrected chi connectivity index (χ2v) is 6.33. The lowest BCUT2D eigenvalue weighted by Gasteiger charge is -2.35. The largest absolute Gasteiger partial charge is 0.370 e. The maximum Gasteiger partial charge on any atom is 0.137 e. The van der Waals surface area contributed by atoms with Crippen LogP contribution in [0.15, 0.2) is 6.33 Å². The van der Waals surface area contributed by atoms with Crippen LogP contribution in [0.5, 0.6) is 0 Å². The van der Waals surface area contributed by atoms with Crippen molar-refractivity contribution in [2.45, 2.75) is 65.3 Å². The predicted molar refractivity (Wildman–Crippen MR) is 90.0 cm³/mol. The number of hydrogen-bond donors (Lipinski definition) is 1. The highest BCUT2D eigenvalue weighted by atomic mass is 15.2. The van der Waals surface area contributed by atoms with Crippen LogP contribution in [0.3, 0.4) is 0 Å². The van der Waals surface area contributed by atoms with E-state index in [9.17, 15) is 0 Å². The summed E-state index contributed by atoms with van der Waals surface area (Å²) in [5.41, 5.74) is 1.26. The van der Waals surface area contributed by atoms with Crippen molar-refractivity contribution in [3.8, 4) is 0 Å². The highest BCUT2D eigenvalue weighted by Crippen LogP contribution is 2.31. The van der Waals surface area contributed by atoms with E-state index < -0.39 is 0 Å². The summed E-state index contributed by atoms with van der Waals surface area (Å²) < 4.78 is 0. The van der Waals surface area contributed by atoms with Gasteiger partial charge in [-0.3, -0.25) is 0 Å². The standard InChI is InChI=1S/C17H30N4/c1-5-11-18-16-15(6-2)17(20-12-19-16)21(4)14-9-7-13(3)8-10-14/h12-14H,5-11H2,1-4H3,(H,18,19,20). The molecule has 0 aromatic carbocycles. The summed E-state index contributed by atoms with van der Waals surface area (Å²) in [6.07, 6.45) is 9.01. The molecule has 1 aliphatic carbocycles. The highest BCUT2D eigenvalue weighted by Gasteiger charge is 2.24. The van der Waals surface area contributed by atoms with E-state index in [2.05, 4.69) is 48.0 Å². The predicted octanol–water partition coefficient (Wildman–Crippen LogP) is 3.88. The fourth-order valence-corrected chi connectivity index (χ4v) is 3.23. The lowest BCUT2D eigenvalue weighted by atomic mass is 9.86. The second kappa shape index (κ2) is 7.62. The van der Waals surface area contributed by atoms with Crippen LogP contribution >= 0.6 is 0 Å². The molecule has 1 aromatic rings. The fourth-order valence-electron chi connectivity index (χ4n) is 3.23. The van der Waals surface area contributed by atoms with Crippen LogP contribution in [0.2, 0.25) is 0 Å². The van der Waals surface area contributed by atoms with E-state index in [4.69, 9.17) is 0 Å². The minimum Gasteiger partial charge on any atom is -0.370 e. The second-order valence-electron chi connectivity index (χ2n) is 6.33. The summed E-state index contributed by atoms with van der Waals surface area (Å²) >= 11 is 0. The minimum atomic E-state index is 0.625. The maximum atomic E-state index is 4.59. The average Bonchev–Trinajstić information content (AvgIpc) is 2.52. The van der Waals surface area contributed by atoms with Crippen molar-refractivity contribution in [1.29, 1.82) is 0 Å². The summed E-state index contributed by atoms with van der Waals surface area (Å²) in [6.45, 7) is 7.70. The van der Waals surface area contributed by atoms with Gasteiger partial charge in [-0.2, -0.15) is 0 Å². The molecule has 0 amide bonds. The van der Waals surface area contributed by atoms with Crippen molar-refractivity contribution in [2.75, 3.05) is 23.8 Å². The van der Waals surface area contributed by atoms with Gasteiger partial charge in [-0.05, 0) is 44.4 Å². The van der Waals surface area contributed by atoms with Crippen molar-refractivity contribution in [2.24, 2.45) is 5.92 Å². The third-order valence-electron chi connectivity index (χ3n) is 4.69. The van der Waals surface area contributed by atoms with Crippen LogP contribution in [0, 0.1) is 5.92 Å². The average molecular weight is 290 g/mol. The van der Waals surface area contributed by atoms with Crippen LogP contribution in [0.4, 0.5) is 11.6 Å². The number of nitrogens with zero attached hydrogens (tertiary/aromatic N) is 3. The molecule has 1 aromatic heterocycles. The molecular formula is C17H30N4. The smallest absolute Gasteiger partial charge is 0.137 e. The normalized spacial score (nSPS) is 22.1. The third kappa shape index (κ3) is 3.86. The van der Waals surface area contributed by atoms with Crippen LogP contribution in [-0.4, -0.2) is 29.6 Å². The zero-order valence-electron chi connectivity index (χ0n) is 14.0. The first-order valence-corrected chi connectivity index (χ1v) is 8.47. The molecule has 0 spiro atoms. The van der Waals surface area contributed by atoms with Crippen LogP contribution < -0.4 is 10.2 Å². The Balaban J connectivity index is 2.17. The van der Waals surface area contributed by atoms with Crippen molar-refractivity contribution < 1.29 is 0 Å². The molecule has 118 valence electrons. The van der Waals surface area contributed by atoms with Gasteiger partial charge < -0.3 is 10.2 Å². The third-order valence-corrected chi connectivity index (χ3v) is 4.69. The van der Waals surface area contributed by atoms with Gasteiger partial charge in [0.15, 0.2) is 0 Å². The lowest BCUT2D eigenvalue weighted by Crippen LogP contribution is -2.36. The molecule has 0 radical (unpaired) electrons. The minimum absolute atomic E-state index is 0.625. The first kappa shape index (κ1) is 16.1. The van der Waals surface area contributed by atoms with Crippen LogP contribution in [-0.2, 0) is 6.42 Å². The number of aromatic nitrogens is 2. The zero-order valence-corrected chi connectivity index (χ0v) is 14.0. The van der Waals surface area contributed by atoms with E-state index in [0.717, 1.165) is 36.9 Å². The Morgan fingerprint density at radius 2 is 1.90 bits per heavy atom. The summed E-state index contributed by atoms with van der Waals surface area (Å²) in [6, 6.07) is 0.625. The number of anilines is 2. The molecule has 1 heterocycles. The Morgan fingerprint density at radius 1 is 1.19 bits per heavy atom. The molecule has 0 aliphatic heterocycles. The maximum absolute atomic E-state index is 4.59. The van der Waals surface area contributed by atoms with Crippen LogP contribution in [0.25, 0.3) is 0 Å². The van der Waals surface area contributed by atoms with Gasteiger partial charge in [0.2, 0.25) is 0 Å². The number of rotatable bonds is 6. The van der Waals surface area contributed by atoms with Gasteiger partial charge in [-0.25, -0.2) is 9.97 Å². The quantitative estimate of drug-likeness (QED) is 0.863. The van der Waals surface area contributed by atoms with Gasteiger partial charge in [-0.15, -0.1) is 0 Å². The Kier molecular flexibility index (Phi) is 5.83. The summed E-state index contributed by atoms with van der Waals surface area (Å²) in [5, 5.41) is 3.44. The van der Waals surface area contributed by atoms with E-state index in [1.165, 1.54) is 31.2 Å². The number of nitrogens with one attached hydrogen (secondary N) is 1. The van der Waals surface area contributed by atoms with Gasteiger partial charge in [-0.1, -0.05) is 20.8 Å². The Labute approximate surface area is 129 Å². The molecular weight excluding hydrogens is 260 g/mol. The molecule has 1 aliphatic rings. The molecule has 4 heteroatoms. The first-order valence-electron chi connectivity index (χ1n) is 8.47. The molecule has 0 saturated heterocycles. The molecule has 1 fully saturated rings.